The predicted octanol–water partition coefficient (Wildman–Crippen LogP) is 2.25. The Hall–Kier alpha value is -0.900. The van der Waals surface area contributed by atoms with Gasteiger partial charge in [0.05, 0.1) is 6.54 Å². The number of hydrogen-bond acceptors (Lipinski definition) is 3. The maximum absolute atomic E-state index is 4.12. The van der Waals surface area contributed by atoms with Crippen molar-refractivity contribution in [2.45, 2.75) is 58.5 Å². The number of aromatic amines is 1. The van der Waals surface area contributed by atoms with Crippen LogP contribution in [0.15, 0.2) is 6.33 Å². The Kier molecular flexibility index (Phi) is 3.59. The lowest BCUT2D eigenvalue weighted by Crippen LogP contribution is -2.28. The van der Waals surface area contributed by atoms with Crippen LogP contribution in [0.4, 0.5) is 0 Å². The summed E-state index contributed by atoms with van der Waals surface area (Å²) >= 11 is 0. The predicted molar refractivity (Wildman–Crippen MR) is 63.9 cm³/mol. The zero-order valence-electron chi connectivity index (χ0n) is 10.3. The van der Waals surface area contributed by atoms with Gasteiger partial charge in [-0.2, -0.15) is 5.10 Å². The van der Waals surface area contributed by atoms with E-state index in [1.165, 1.54) is 32.1 Å². The minimum atomic E-state index is 0.530. The van der Waals surface area contributed by atoms with Crippen molar-refractivity contribution in [1.82, 2.24) is 20.5 Å². The van der Waals surface area contributed by atoms with Crippen molar-refractivity contribution in [1.29, 1.82) is 0 Å². The van der Waals surface area contributed by atoms with Crippen molar-refractivity contribution >= 4 is 0 Å². The van der Waals surface area contributed by atoms with E-state index in [1.54, 1.807) is 6.33 Å². The first-order valence-electron chi connectivity index (χ1n) is 6.23. The summed E-state index contributed by atoms with van der Waals surface area (Å²) in [6.45, 7) is 5.57. The van der Waals surface area contributed by atoms with Crippen LogP contribution in [0.3, 0.4) is 0 Å². The number of nitrogens with zero attached hydrogens (tertiary/aromatic N) is 2. The summed E-state index contributed by atoms with van der Waals surface area (Å²) in [4.78, 5) is 4.12. The molecule has 0 amide bonds. The van der Waals surface area contributed by atoms with Gasteiger partial charge in [0, 0.05) is 6.04 Å². The third-order valence-corrected chi connectivity index (χ3v) is 3.60. The van der Waals surface area contributed by atoms with Crippen molar-refractivity contribution < 1.29 is 0 Å². The van der Waals surface area contributed by atoms with E-state index < -0.39 is 0 Å². The van der Waals surface area contributed by atoms with Crippen LogP contribution in [0, 0.1) is 5.41 Å². The van der Waals surface area contributed by atoms with Crippen molar-refractivity contribution in [2.24, 2.45) is 5.41 Å². The Labute approximate surface area is 97.2 Å². The highest BCUT2D eigenvalue weighted by molar-refractivity contribution is 4.83. The molecule has 4 heteroatoms. The molecule has 0 aliphatic heterocycles. The lowest BCUT2D eigenvalue weighted by atomic mass is 9.85. The van der Waals surface area contributed by atoms with Crippen LogP contribution < -0.4 is 5.32 Å². The van der Waals surface area contributed by atoms with Gasteiger partial charge >= 0.3 is 0 Å². The number of aromatic nitrogens is 3. The summed E-state index contributed by atoms with van der Waals surface area (Å²) in [5.41, 5.74) is 0.530. The topological polar surface area (TPSA) is 53.6 Å². The Bertz CT molecular complexity index is 305. The van der Waals surface area contributed by atoms with Gasteiger partial charge in [-0.25, -0.2) is 4.98 Å². The molecule has 16 heavy (non-hydrogen) atoms. The van der Waals surface area contributed by atoms with E-state index in [2.05, 4.69) is 34.3 Å². The standard InChI is InChI=1S/C12H22N4/c1-12(2)6-3-4-10(5-7-12)13-8-11-14-9-15-16-11/h9-10,13H,3-8H2,1-2H3,(H,14,15,16). The molecule has 1 atom stereocenters. The molecule has 2 rings (SSSR count). The van der Waals surface area contributed by atoms with E-state index in [4.69, 9.17) is 0 Å². The van der Waals surface area contributed by atoms with E-state index >= 15 is 0 Å². The fraction of sp³-hybridized carbons (Fsp3) is 0.833. The number of rotatable bonds is 3. The van der Waals surface area contributed by atoms with Gasteiger partial charge in [-0.15, -0.1) is 0 Å². The SMILES string of the molecule is CC1(C)CCCC(NCc2ncn[nH]2)CC1. The number of H-pyrrole nitrogens is 1. The third-order valence-electron chi connectivity index (χ3n) is 3.60. The number of hydrogen-bond donors (Lipinski definition) is 2. The molecule has 1 heterocycles. The molecule has 1 aliphatic rings. The molecule has 1 aliphatic carbocycles. The van der Waals surface area contributed by atoms with Crippen molar-refractivity contribution in [3.05, 3.63) is 12.2 Å². The average Bonchev–Trinajstić information content (AvgIpc) is 2.68. The van der Waals surface area contributed by atoms with Gasteiger partial charge < -0.3 is 5.32 Å². The first-order valence-corrected chi connectivity index (χ1v) is 6.23. The molecule has 1 aromatic heterocycles. The fourth-order valence-electron chi connectivity index (χ4n) is 2.42. The second-order valence-corrected chi connectivity index (χ2v) is 5.61. The van der Waals surface area contributed by atoms with Gasteiger partial charge in [0.2, 0.25) is 0 Å². The van der Waals surface area contributed by atoms with Crippen molar-refractivity contribution in [2.75, 3.05) is 0 Å². The quantitative estimate of drug-likeness (QED) is 0.771. The maximum Gasteiger partial charge on any atom is 0.138 e. The van der Waals surface area contributed by atoms with Crippen molar-refractivity contribution in [3.8, 4) is 0 Å². The van der Waals surface area contributed by atoms with E-state index in [-0.39, 0.29) is 0 Å². The highest BCUT2D eigenvalue weighted by Crippen LogP contribution is 2.33. The smallest absolute Gasteiger partial charge is 0.138 e. The molecule has 0 radical (unpaired) electrons. The highest BCUT2D eigenvalue weighted by atomic mass is 15.2. The minimum absolute atomic E-state index is 0.530. The zero-order chi connectivity index (χ0) is 11.4. The molecule has 1 saturated carbocycles. The molecular formula is C12H22N4. The molecule has 90 valence electrons. The van der Waals surface area contributed by atoms with Crippen LogP contribution in [-0.4, -0.2) is 21.2 Å². The van der Waals surface area contributed by atoms with Gasteiger partial charge in [-0.05, 0) is 31.1 Å². The van der Waals surface area contributed by atoms with E-state index in [9.17, 15) is 0 Å². The Balaban J connectivity index is 1.78. The molecule has 0 spiro atoms. The van der Waals surface area contributed by atoms with Crippen LogP contribution in [0.5, 0.6) is 0 Å². The molecule has 0 aromatic carbocycles. The zero-order valence-corrected chi connectivity index (χ0v) is 10.3. The van der Waals surface area contributed by atoms with Crippen LogP contribution >= 0.6 is 0 Å². The summed E-state index contributed by atoms with van der Waals surface area (Å²) < 4.78 is 0. The number of nitrogens with one attached hydrogen (secondary N) is 2. The largest absolute Gasteiger partial charge is 0.307 e. The van der Waals surface area contributed by atoms with Crippen LogP contribution in [0.1, 0.15) is 51.8 Å². The second-order valence-electron chi connectivity index (χ2n) is 5.61. The fourth-order valence-corrected chi connectivity index (χ4v) is 2.42. The van der Waals surface area contributed by atoms with Gasteiger partial charge in [-0.3, -0.25) is 5.10 Å². The molecule has 1 fully saturated rings. The Morgan fingerprint density at radius 3 is 3.06 bits per heavy atom. The Morgan fingerprint density at radius 2 is 2.31 bits per heavy atom. The highest BCUT2D eigenvalue weighted by Gasteiger charge is 2.23. The van der Waals surface area contributed by atoms with Crippen LogP contribution in [0.25, 0.3) is 0 Å². The molecule has 0 saturated heterocycles. The molecule has 2 N–H and O–H groups in total. The third kappa shape index (κ3) is 3.30. The lowest BCUT2D eigenvalue weighted by molar-refractivity contribution is 0.309. The summed E-state index contributed by atoms with van der Waals surface area (Å²) in [7, 11) is 0. The molecule has 1 aromatic rings. The van der Waals surface area contributed by atoms with Crippen molar-refractivity contribution in [3.63, 3.8) is 0 Å². The minimum Gasteiger partial charge on any atom is -0.307 e. The summed E-state index contributed by atoms with van der Waals surface area (Å²) in [6.07, 6.45) is 8.14. The van der Waals surface area contributed by atoms with Crippen LogP contribution in [-0.2, 0) is 6.54 Å². The molecule has 4 nitrogen and oxygen atoms in total. The first kappa shape index (κ1) is 11.6. The average molecular weight is 222 g/mol. The summed E-state index contributed by atoms with van der Waals surface area (Å²) in [5.74, 6) is 0.934. The van der Waals surface area contributed by atoms with E-state index in [0.29, 0.717) is 11.5 Å². The normalized spacial score (nSPS) is 25.2. The van der Waals surface area contributed by atoms with Gasteiger partial charge in [0.25, 0.3) is 0 Å². The summed E-state index contributed by atoms with van der Waals surface area (Å²) in [5, 5.41) is 10.3. The monoisotopic (exact) mass is 222 g/mol. The second kappa shape index (κ2) is 4.95. The molecular weight excluding hydrogens is 200 g/mol. The van der Waals surface area contributed by atoms with Crippen LogP contribution in [0.2, 0.25) is 0 Å². The van der Waals surface area contributed by atoms with E-state index in [0.717, 1.165) is 12.4 Å². The van der Waals surface area contributed by atoms with Gasteiger partial charge in [-0.1, -0.05) is 20.3 Å². The maximum atomic E-state index is 4.12. The molecule has 0 bridgehead atoms. The first-order chi connectivity index (χ1) is 7.66. The van der Waals surface area contributed by atoms with Gasteiger partial charge in [0.15, 0.2) is 0 Å². The lowest BCUT2D eigenvalue weighted by Gasteiger charge is -2.22. The van der Waals surface area contributed by atoms with Gasteiger partial charge in [0.1, 0.15) is 12.2 Å². The Morgan fingerprint density at radius 1 is 1.44 bits per heavy atom. The van der Waals surface area contributed by atoms with E-state index in [1.807, 2.05) is 0 Å². The molecule has 1 unspecified atom stereocenters. The summed E-state index contributed by atoms with van der Waals surface area (Å²) in [6, 6.07) is 0.645.